The largest absolute Gasteiger partial charge is 0.349 e. The molecule has 0 bridgehead atoms. The Kier molecular flexibility index (Phi) is 5.34. The predicted octanol–water partition coefficient (Wildman–Crippen LogP) is 4.44. The van der Waals surface area contributed by atoms with Gasteiger partial charge in [-0.15, -0.1) is 12.6 Å². The van der Waals surface area contributed by atoms with Crippen molar-refractivity contribution in [3.05, 3.63) is 28.2 Å². The van der Waals surface area contributed by atoms with Gasteiger partial charge in [-0.05, 0) is 59.3 Å². The number of carbonyl (C=O) groups is 1. The van der Waals surface area contributed by atoms with E-state index in [1.807, 2.05) is 18.2 Å². The van der Waals surface area contributed by atoms with Crippen LogP contribution in [0.1, 0.15) is 49.4 Å². The van der Waals surface area contributed by atoms with Gasteiger partial charge >= 0.3 is 0 Å². The fourth-order valence-corrected chi connectivity index (χ4v) is 3.21. The number of hydrogen-bond acceptors (Lipinski definition) is 2. The van der Waals surface area contributed by atoms with Crippen LogP contribution in [-0.2, 0) is 0 Å². The average Bonchev–Trinajstić information content (AvgIpc) is 2.57. The minimum Gasteiger partial charge on any atom is -0.349 e. The molecule has 2 nitrogen and oxygen atoms in total. The Morgan fingerprint density at radius 3 is 2.89 bits per heavy atom. The molecular weight excluding hydrogens is 322 g/mol. The van der Waals surface area contributed by atoms with Gasteiger partial charge in [-0.25, -0.2) is 0 Å². The third-order valence-electron chi connectivity index (χ3n) is 3.79. The van der Waals surface area contributed by atoms with Crippen molar-refractivity contribution in [3.8, 4) is 0 Å². The van der Waals surface area contributed by atoms with Crippen LogP contribution < -0.4 is 5.32 Å². The molecule has 0 aliphatic heterocycles. The summed E-state index contributed by atoms with van der Waals surface area (Å²) in [4.78, 5) is 13.1. The summed E-state index contributed by atoms with van der Waals surface area (Å²) >= 11 is 7.72. The molecule has 0 saturated heterocycles. The van der Waals surface area contributed by atoms with Crippen LogP contribution in [-0.4, -0.2) is 11.9 Å². The number of rotatable bonds is 2. The van der Waals surface area contributed by atoms with E-state index in [-0.39, 0.29) is 5.91 Å². The number of hydrogen-bond donors (Lipinski definition) is 2. The van der Waals surface area contributed by atoms with E-state index in [4.69, 9.17) is 0 Å². The number of nitrogens with one attached hydrogen (secondary N) is 1. The van der Waals surface area contributed by atoms with Crippen LogP contribution in [0.2, 0.25) is 0 Å². The van der Waals surface area contributed by atoms with Gasteiger partial charge in [0.05, 0.1) is 5.56 Å². The van der Waals surface area contributed by atoms with Gasteiger partial charge in [0.25, 0.3) is 5.91 Å². The molecule has 2 atom stereocenters. The molecule has 1 aromatic rings. The van der Waals surface area contributed by atoms with Crippen molar-refractivity contribution in [2.75, 3.05) is 0 Å². The highest BCUT2D eigenvalue weighted by atomic mass is 79.9. The summed E-state index contributed by atoms with van der Waals surface area (Å²) in [5, 5.41) is 3.16. The lowest BCUT2D eigenvalue weighted by atomic mass is 10.0. The molecule has 0 radical (unpaired) electrons. The second-order valence-corrected chi connectivity index (χ2v) is 6.82. The van der Waals surface area contributed by atoms with Crippen molar-refractivity contribution >= 4 is 34.5 Å². The highest BCUT2D eigenvalue weighted by Gasteiger charge is 2.19. The third-order valence-corrected chi connectivity index (χ3v) is 4.76. The molecule has 0 aromatic heterocycles. The van der Waals surface area contributed by atoms with Crippen molar-refractivity contribution in [3.63, 3.8) is 0 Å². The fraction of sp³-hybridized carbons (Fsp3) is 0.533. The Morgan fingerprint density at radius 1 is 1.32 bits per heavy atom. The third kappa shape index (κ3) is 4.25. The summed E-state index contributed by atoms with van der Waals surface area (Å²) in [5.74, 6) is 0.789. The number of halogens is 1. The van der Waals surface area contributed by atoms with Crippen LogP contribution in [0.5, 0.6) is 0 Å². The lowest BCUT2D eigenvalue weighted by molar-refractivity contribution is 0.0932. The molecule has 4 heteroatoms. The van der Waals surface area contributed by atoms with E-state index in [2.05, 4.69) is 40.8 Å². The summed E-state index contributed by atoms with van der Waals surface area (Å²) in [7, 11) is 0. The van der Waals surface area contributed by atoms with Crippen molar-refractivity contribution in [1.29, 1.82) is 0 Å². The highest BCUT2D eigenvalue weighted by Crippen LogP contribution is 2.24. The van der Waals surface area contributed by atoms with E-state index in [1.165, 1.54) is 19.3 Å². The van der Waals surface area contributed by atoms with E-state index in [1.54, 1.807) is 0 Å². The smallest absolute Gasteiger partial charge is 0.252 e. The van der Waals surface area contributed by atoms with Crippen LogP contribution >= 0.6 is 28.6 Å². The zero-order chi connectivity index (χ0) is 13.8. The van der Waals surface area contributed by atoms with Gasteiger partial charge in [0.15, 0.2) is 0 Å². The topological polar surface area (TPSA) is 29.1 Å². The molecule has 1 saturated carbocycles. The monoisotopic (exact) mass is 341 g/mol. The molecule has 1 fully saturated rings. The summed E-state index contributed by atoms with van der Waals surface area (Å²) in [5.41, 5.74) is 0.671. The summed E-state index contributed by atoms with van der Waals surface area (Å²) in [6.07, 6.45) is 5.88. The van der Waals surface area contributed by atoms with E-state index in [0.29, 0.717) is 11.6 Å². The number of carbonyl (C=O) groups excluding carboxylic acids is 1. The van der Waals surface area contributed by atoms with Crippen LogP contribution in [0.3, 0.4) is 0 Å². The number of thiol groups is 1. The molecular formula is C15H20BrNOS. The lowest BCUT2D eigenvalue weighted by Gasteiger charge is -2.17. The Balaban J connectivity index is 2.02. The van der Waals surface area contributed by atoms with Crippen molar-refractivity contribution in [2.45, 2.75) is 50.0 Å². The zero-order valence-corrected chi connectivity index (χ0v) is 13.6. The van der Waals surface area contributed by atoms with Crippen molar-refractivity contribution in [1.82, 2.24) is 5.32 Å². The maximum absolute atomic E-state index is 12.3. The van der Waals surface area contributed by atoms with Crippen molar-refractivity contribution in [2.24, 2.45) is 5.92 Å². The molecule has 2 unspecified atom stereocenters. The molecule has 1 N–H and O–H groups in total. The molecule has 1 aliphatic carbocycles. The van der Waals surface area contributed by atoms with Crippen molar-refractivity contribution < 1.29 is 4.79 Å². The first-order chi connectivity index (χ1) is 9.06. The van der Waals surface area contributed by atoms with E-state index in [9.17, 15) is 4.79 Å². The molecule has 1 aromatic carbocycles. The number of amides is 1. The van der Waals surface area contributed by atoms with E-state index >= 15 is 0 Å². The molecule has 19 heavy (non-hydrogen) atoms. The lowest BCUT2D eigenvalue weighted by Crippen LogP contribution is -2.34. The summed E-state index contributed by atoms with van der Waals surface area (Å²) in [6, 6.07) is 5.86. The first-order valence-electron chi connectivity index (χ1n) is 6.85. The van der Waals surface area contributed by atoms with Crippen LogP contribution in [0, 0.1) is 5.92 Å². The Hall–Kier alpha value is -0.480. The van der Waals surface area contributed by atoms with Gasteiger partial charge < -0.3 is 5.32 Å². The van der Waals surface area contributed by atoms with E-state index in [0.717, 1.165) is 28.1 Å². The molecule has 2 rings (SSSR count). The maximum atomic E-state index is 12.3. The molecule has 0 heterocycles. The van der Waals surface area contributed by atoms with Gasteiger partial charge in [-0.1, -0.05) is 19.8 Å². The van der Waals surface area contributed by atoms with Crippen LogP contribution in [0.15, 0.2) is 27.6 Å². The van der Waals surface area contributed by atoms with Gasteiger partial charge in [0, 0.05) is 15.4 Å². The predicted molar refractivity (Wildman–Crippen MR) is 84.9 cm³/mol. The van der Waals surface area contributed by atoms with Gasteiger partial charge in [-0.3, -0.25) is 4.79 Å². The number of benzene rings is 1. The molecule has 0 spiro atoms. The van der Waals surface area contributed by atoms with Gasteiger partial charge in [-0.2, -0.15) is 0 Å². The average molecular weight is 342 g/mol. The SMILES string of the molecule is CC1CCCC(NC(=O)c2cc(S)ccc2Br)CC1. The van der Waals surface area contributed by atoms with Crippen LogP contribution in [0.4, 0.5) is 0 Å². The molecule has 1 aliphatic rings. The van der Waals surface area contributed by atoms with Gasteiger partial charge in [0.1, 0.15) is 0 Å². The Bertz CT molecular complexity index is 463. The quantitative estimate of drug-likeness (QED) is 0.604. The minimum absolute atomic E-state index is 0.00216. The van der Waals surface area contributed by atoms with Crippen LogP contribution in [0.25, 0.3) is 0 Å². The first-order valence-corrected chi connectivity index (χ1v) is 8.09. The first kappa shape index (κ1) is 14.9. The summed E-state index contributed by atoms with van der Waals surface area (Å²) < 4.78 is 0.824. The van der Waals surface area contributed by atoms with E-state index < -0.39 is 0 Å². The Morgan fingerprint density at radius 2 is 2.11 bits per heavy atom. The minimum atomic E-state index is 0.00216. The Labute approximate surface area is 128 Å². The van der Waals surface area contributed by atoms with Gasteiger partial charge in [0.2, 0.25) is 0 Å². The standard InChI is InChI=1S/C15H20BrNOS/c1-10-3-2-4-11(6-5-10)17-15(18)13-9-12(19)7-8-14(13)16/h7-11,19H,2-6H2,1H3,(H,17,18). The highest BCUT2D eigenvalue weighted by molar-refractivity contribution is 9.10. The summed E-state index contributed by atoms with van der Waals surface area (Å²) in [6.45, 7) is 2.30. The zero-order valence-electron chi connectivity index (χ0n) is 11.2. The maximum Gasteiger partial charge on any atom is 0.252 e. The fourth-order valence-electron chi connectivity index (χ4n) is 2.58. The normalized spacial score (nSPS) is 23.7. The second kappa shape index (κ2) is 6.80. The molecule has 104 valence electrons. The second-order valence-electron chi connectivity index (χ2n) is 5.45. The molecule has 1 amide bonds.